The van der Waals surface area contributed by atoms with Crippen molar-refractivity contribution in [2.24, 2.45) is 0 Å². The van der Waals surface area contributed by atoms with Gasteiger partial charge in [-0.1, -0.05) is 35.9 Å². The van der Waals surface area contributed by atoms with Crippen molar-refractivity contribution in [2.75, 3.05) is 13.7 Å². The van der Waals surface area contributed by atoms with Crippen molar-refractivity contribution in [2.45, 2.75) is 17.4 Å². The molecule has 0 saturated heterocycles. The molecule has 2 N–H and O–H groups in total. The molecule has 0 bridgehead atoms. The van der Waals surface area contributed by atoms with E-state index in [0.29, 0.717) is 10.6 Å². The fourth-order valence-corrected chi connectivity index (χ4v) is 3.40. The third kappa shape index (κ3) is 5.54. The van der Waals surface area contributed by atoms with Crippen LogP contribution in [-0.2, 0) is 26.0 Å². The number of methoxy groups -OCH3 is 1. The van der Waals surface area contributed by atoms with Gasteiger partial charge in [0.15, 0.2) is 0 Å². The lowest BCUT2D eigenvalue weighted by atomic mass is 10.1. The van der Waals surface area contributed by atoms with E-state index in [2.05, 4.69) is 4.72 Å². The fourth-order valence-electron chi connectivity index (χ4n) is 2.24. The summed E-state index contributed by atoms with van der Waals surface area (Å²) < 4.78 is 32.4. The molecule has 2 aromatic carbocycles. The van der Waals surface area contributed by atoms with Crippen LogP contribution in [0.2, 0.25) is 5.02 Å². The Morgan fingerprint density at radius 1 is 1.16 bits per heavy atom. The van der Waals surface area contributed by atoms with Crippen molar-refractivity contribution in [3.63, 3.8) is 0 Å². The van der Waals surface area contributed by atoms with Gasteiger partial charge in [-0.15, -0.1) is 0 Å². The molecule has 25 heavy (non-hydrogen) atoms. The van der Waals surface area contributed by atoms with Gasteiger partial charge in [-0.3, -0.25) is 4.79 Å². The number of nitrogens with one attached hydrogen (secondary N) is 1. The van der Waals surface area contributed by atoms with Gasteiger partial charge in [0.1, 0.15) is 0 Å². The zero-order chi connectivity index (χ0) is 18.4. The first-order valence-corrected chi connectivity index (χ1v) is 9.26. The topological polar surface area (TPSA) is 92.7 Å². The first-order chi connectivity index (χ1) is 11.8. The number of halogens is 1. The number of carboxylic acid groups (broad SMARTS) is 1. The predicted octanol–water partition coefficient (Wildman–Crippen LogP) is 2.63. The van der Waals surface area contributed by atoms with E-state index in [1.807, 2.05) is 0 Å². The maximum atomic E-state index is 12.3. The average molecular weight is 384 g/mol. The molecule has 1 atom stereocenters. The van der Waals surface area contributed by atoms with Crippen molar-refractivity contribution in [3.8, 4) is 0 Å². The van der Waals surface area contributed by atoms with Gasteiger partial charge in [-0.25, -0.2) is 13.1 Å². The Bertz CT molecular complexity index is 819. The van der Waals surface area contributed by atoms with Gasteiger partial charge in [0, 0.05) is 18.7 Å². The minimum Gasteiger partial charge on any atom is -0.481 e. The number of aliphatic carboxylic acids is 1. The highest BCUT2D eigenvalue weighted by atomic mass is 35.5. The average Bonchev–Trinajstić information content (AvgIpc) is 2.56. The van der Waals surface area contributed by atoms with Crippen LogP contribution in [0.25, 0.3) is 0 Å². The maximum absolute atomic E-state index is 12.3. The molecule has 0 aliphatic carbocycles. The Hall–Kier alpha value is -1.93. The molecule has 0 aliphatic heterocycles. The van der Waals surface area contributed by atoms with Crippen LogP contribution in [0.1, 0.15) is 17.2 Å². The van der Waals surface area contributed by atoms with Crippen LogP contribution >= 0.6 is 11.6 Å². The van der Waals surface area contributed by atoms with Crippen molar-refractivity contribution in [1.82, 2.24) is 4.72 Å². The number of carbonyl (C=O) groups is 1. The van der Waals surface area contributed by atoms with Crippen LogP contribution in [0.5, 0.6) is 0 Å². The van der Waals surface area contributed by atoms with Gasteiger partial charge in [-0.2, -0.15) is 0 Å². The number of ether oxygens (including phenoxy) is 1. The summed E-state index contributed by atoms with van der Waals surface area (Å²) >= 11 is 5.76. The van der Waals surface area contributed by atoms with Crippen LogP contribution in [0.4, 0.5) is 0 Å². The summed E-state index contributed by atoms with van der Waals surface area (Å²) in [6.45, 7) is 0.0414. The van der Waals surface area contributed by atoms with Crippen LogP contribution in [0.3, 0.4) is 0 Å². The van der Waals surface area contributed by atoms with Gasteiger partial charge in [-0.05, 0) is 35.4 Å². The number of hydrogen-bond acceptors (Lipinski definition) is 4. The molecule has 2 rings (SSSR count). The molecular weight excluding hydrogens is 366 g/mol. The van der Waals surface area contributed by atoms with E-state index in [-0.39, 0.29) is 17.9 Å². The van der Waals surface area contributed by atoms with E-state index < -0.39 is 22.1 Å². The molecule has 0 aromatic heterocycles. The summed E-state index contributed by atoms with van der Waals surface area (Å²) in [5.74, 6) is -0.910. The van der Waals surface area contributed by atoms with Crippen molar-refractivity contribution >= 4 is 27.6 Å². The van der Waals surface area contributed by atoms with Crippen molar-refractivity contribution < 1.29 is 23.1 Å². The smallest absolute Gasteiger partial charge is 0.307 e. The molecular formula is C17H18ClNO5S. The SMILES string of the molecule is CO[C@@H](CNS(=O)(=O)c1ccc(Cl)cc1)c1ccc(CC(=O)O)cc1. The Morgan fingerprint density at radius 2 is 1.76 bits per heavy atom. The minimum absolute atomic E-state index is 0.0414. The molecule has 0 fully saturated rings. The van der Waals surface area contributed by atoms with Gasteiger partial charge in [0.2, 0.25) is 10.0 Å². The molecule has 0 unspecified atom stereocenters. The summed E-state index contributed by atoms with van der Waals surface area (Å²) in [5.41, 5.74) is 1.41. The molecule has 2 aromatic rings. The Morgan fingerprint density at radius 3 is 2.28 bits per heavy atom. The van der Waals surface area contributed by atoms with E-state index in [0.717, 1.165) is 5.56 Å². The molecule has 0 spiro atoms. The molecule has 8 heteroatoms. The molecule has 0 aliphatic rings. The summed E-state index contributed by atoms with van der Waals surface area (Å²) in [4.78, 5) is 10.8. The highest BCUT2D eigenvalue weighted by molar-refractivity contribution is 7.89. The number of benzene rings is 2. The van der Waals surface area contributed by atoms with E-state index >= 15 is 0 Å². The second kappa shape index (κ2) is 8.44. The van der Waals surface area contributed by atoms with Crippen LogP contribution in [0.15, 0.2) is 53.4 Å². The first-order valence-electron chi connectivity index (χ1n) is 7.40. The molecule has 0 radical (unpaired) electrons. The van der Waals surface area contributed by atoms with E-state index in [9.17, 15) is 13.2 Å². The second-order valence-corrected chi connectivity index (χ2v) is 7.55. The first kappa shape index (κ1) is 19.4. The molecule has 0 amide bonds. The molecule has 0 heterocycles. The van der Waals surface area contributed by atoms with Crippen LogP contribution in [0, 0.1) is 0 Å². The second-order valence-electron chi connectivity index (χ2n) is 5.34. The number of sulfonamides is 1. The minimum atomic E-state index is -3.68. The monoisotopic (exact) mass is 383 g/mol. The predicted molar refractivity (Wildman–Crippen MR) is 94.2 cm³/mol. The lowest BCUT2D eigenvalue weighted by molar-refractivity contribution is -0.136. The highest BCUT2D eigenvalue weighted by Crippen LogP contribution is 2.19. The van der Waals surface area contributed by atoms with Gasteiger partial charge < -0.3 is 9.84 Å². The number of carboxylic acids is 1. The van der Waals surface area contributed by atoms with Gasteiger partial charge in [0.25, 0.3) is 0 Å². The Kier molecular flexibility index (Phi) is 6.55. The lowest BCUT2D eigenvalue weighted by Crippen LogP contribution is -2.29. The van der Waals surface area contributed by atoms with Gasteiger partial charge in [0.05, 0.1) is 17.4 Å². The third-order valence-electron chi connectivity index (χ3n) is 3.57. The number of hydrogen-bond donors (Lipinski definition) is 2. The summed E-state index contributed by atoms with van der Waals surface area (Å²) in [7, 11) is -2.20. The zero-order valence-electron chi connectivity index (χ0n) is 13.5. The van der Waals surface area contributed by atoms with Crippen molar-refractivity contribution in [3.05, 3.63) is 64.7 Å². The standard InChI is InChI=1S/C17H18ClNO5S/c1-24-16(13-4-2-12(3-5-13)10-17(20)21)11-19-25(22,23)15-8-6-14(18)7-9-15/h2-9,16,19H,10-11H2,1H3,(H,20,21)/t16-/m0/s1. The quantitative estimate of drug-likeness (QED) is 0.731. The van der Waals surface area contributed by atoms with Crippen molar-refractivity contribution in [1.29, 1.82) is 0 Å². The fraction of sp³-hybridized carbons (Fsp3) is 0.235. The van der Waals surface area contributed by atoms with Gasteiger partial charge >= 0.3 is 5.97 Å². The van der Waals surface area contributed by atoms with E-state index in [4.69, 9.17) is 21.4 Å². The van der Waals surface area contributed by atoms with E-state index in [1.165, 1.54) is 31.4 Å². The lowest BCUT2D eigenvalue weighted by Gasteiger charge is -2.17. The summed E-state index contributed by atoms with van der Waals surface area (Å²) in [6, 6.07) is 12.7. The highest BCUT2D eigenvalue weighted by Gasteiger charge is 2.18. The number of rotatable bonds is 8. The normalized spacial score (nSPS) is 12.7. The Balaban J connectivity index is 2.06. The molecule has 6 nitrogen and oxygen atoms in total. The van der Waals surface area contributed by atoms with Crippen LogP contribution < -0.4 is 4.72 Å². The maximum Gasteiger partial charge on any atom is 0.307 e. The summed E-state index contributed by atoms with van der Waals surface area (Å²) in [5, 5.41) is 9.23. The largest absolute Gasteiger partial charge is 0.481 e. The third-order valence-corrected chi connectivity index (χ3v) is 5.27. The molecule has 134 valence electrons. The zero-order valence-corrected chi connectivity index (χ0v) is 15.0. The van der Waals surface area contributed by atoms with Crippen LogP contribution in [-0.4, -0.2) is 33.1 Å². The summed E-state index contributed by atoms with van der Waals surface area (Å²) in [6.07, 6.45) is -0.567. The van der Waals surface area contributed by atoms with E-state index in [1.54, 1.807) is 24.3 Å². The Labute approximate surface area is 151 Å². The molecule has 0 saturated carbocycles.